The lowest BCUT2D eigenvalue weighted by atomic mass is 10.2. The summed E-state index contributed by atoms with van der Waals surface area (Å²) in [6.07, 6.45) is 2.44. The molecule has 21 heavy (non-hydrogen) atoms. The van der Waals surface area contributed by atoms with Gasteiger partial charge in [-0.15, -0.1) is 11.3 Å². The molecule has 1 atom stereocenters. The molecule has 0 amide bonds. The van der Waals surface area contributed by atoms with Crippen molar-refractivity contribution in [1.29, 1.82) is 0 Å². The van der Waals surface area contributed by atoms with Gasteiger partial charge in [0.15, 0.2) is 0 Å². The third kappa shape index (κ3) is 2.75. The van der Waals surface area contributed by atoms with Gasteiger partial charge < -0.3 is 10.2 Å². The Morgan fingerprint density at radius 2 is 2.14 bits per heavy atom. The highest BCUT2D eigenvalue weighted by molar-refractivity contribution is 7.10. The third-order valence-electron chi connectivity index (χ3n) is 4.19. The first-order valence-corrected chi connectivity index (χ1v) is 8.32. The van der Waals surface area contributed by atoms with Crippen molar-refractivity contribution in [3.8, 4) is 0 Å². The highest BCUT2D eigenvalue weighted by atomic mass is 32.1. The lowest BCUT2D eigenvalue weighted by Crippen LogP contribution is -2.24. The molecule has 1 N–H and O–H groups in total. The molecule has 3 rings (SSSR count). The van der Waals surface area contributed by atoms with Gasteiger partial charge in [-0.2, -0.15) is 0 Å². The summed E-state index contributed by atoms with van der Waals surface area (Å²) >= 11 is 1.79. The van der Waals surface area contributed by atoms with Gasteiger partial charge in [0.05, 0.1) is 6.04 Å². The number of aromatic nitrogens is 2. The quantitative estimate of drug-likeness (QED) is 0.907. The number of thiophene rings is 1. The summed E-state index contributed by atoms with van der Waals surface area (Å²) in [5, 5.41) is 5.34. The van der Waals surface area contributed by atoms with Crippen LogP contribution in [-0.4, -0.2) is 24.1 Å². The standard InChI is InChI=1S/C16H22N4S/c1-10-14(17-3)18-15(12-7-8-12)19-16(10)20(4)11(2)13-6-5-9-21-13/h5-6,9,11-12H,7-8H2,1-4H3,(H,17,18,19). The van der Waals surface area contributed by atoms with E-state index in [9.17, 15) is 0 Å². The second kappa shape index (κ2) is 5.64. The van der Waals surface area contributed by atoms with E-state index in [4.69, 9.17) is 4.98 Å². The second-order valence-electron chi connectivity index (χ2n) is 5.71. The molecule has 1 saturated carbocycles. The van der Waals surface area contributed by atoms with E-state index in [2.05, 4.69) is 53.6 Å². The lowest BCUT2D eigenvalue weighted by Gasteiger charge is -2.27. The van der Waals surface area contributed by atoms with Crippen LogP contribution >= 0.6 is 11.3 Å². The summed E-state index contributed by atoms with van der Waals surface area (Å²) < 4.78 is 0. The van der Waals surface area contributed by atoms with Gasteiger partial charge in [-0.05, 0) is 38.1 Å². The first-order chi connectivity index (χ1) is 10.1. The second-order valence-corrected chi connectivity index (χ2v) is 6.68. The molecular formula is C16H22N4S. The van der Waals surface area contributed by atoms with Crippen molar-refractivity contribution < 1.29 is 0 Å². The number of hydrogen-bond donors (Lipinski definition) is 1. The molecule has 0 aromatic carbocycles. The topological polar surface area (TPSA) is 41.1 Å². The van der Waals surface area contributed by atoms with Crippen LogP contribution in [0.15, 0.2) is 17.5 Å². The van der Waals surface area contributed by atoms with Gasteiger partial charge in [-0.3, -0.25) is 0 Å². The third-order valence-corrected chi connectivity index (χ3v) is 5.23. The van der Waals surface area contributed by atoms with Crippen LogP contribution in [0, 0.1) is 6.92 Å². The van der Waals surface area contributed by atoms with Gasteiger partial charge in [-0.1, -0.05) is 6.07 Å². The van der Waals surface area contributed by atoms with E-state index < -0.39 is 0 Å². The fourth-order valence-electron chi connectivity index (χ4n) is 2.54. The SMILES string of the molecule is CNc1nc(C2CC2)nc(N(C)C(C)c2cccs2)c1C. The van der Waals surface area contributed by atoms with E-state index in [0.717, 1.165) is 23.0 Å². The minimum absolute atomic E-state index is 0.315. The maximum absolute atomic E-state index is 4.85. The molecule has 2 aromatic rings. The number of hydrogen-bond acceptors (Lipinski definition) is 5. The Bertz CT molecular complexity index is 619. The van der Waals surface area contributed by atoms with E-state index in [0.29, 0.717) is 12.0 Å². The largest absolute Gasteiger partial charge is 0.373 e. The summed E-state index contributed by atoms with van der Waals surface area (Å²) in [5.74, 6) is 3.54. The number of nitrogens with one attached hydrogen (secondary N) is 1. The van der Waals surface area contributed by atoms with Crippen molar-refractivity contribution in [2.45, 2.75) is 38.6 Å². The van der Waals surface area contributed by atoms with Gasteiger partial charge in [0.2, 0.25) is 0 Å². The summed E-state index contributed by atoms with van der Waals surface area (Å²) in [5.41, 5.74) is 1.12. The van der Waals surface area contributed by atoms with Crippen molar-refractivity contribution in [3.63, 3.8) is 0 Å². The Labute approximate surface area is 130 Å². The van der Waals surface area contributed by atoms with E-state index in [1.165, 1.54) is 17.7 Å². The predicted molar refractivity (Wildman–Crippen MR) is 89.4 cm³/mol. The predicted octanol–water partition coefficient (Wildman–Crippen LogP) is 3.96. The lowest BCUT2D eigenvalue weighted by molar-refractivity contribution is 0.730. The number of nitrogens with zero attached hydrogens (tertiary/aromatic N) is 3. The minimum atomic E-state index is 0.315. The molecule has 2 aromatic heterocycles. The summed E-state index contributed by atoms with van der Waals surface area (Å²) in [6, 6.07) is 4.60. The van der Waals surface area contributed by atoms with Crippen molar-refractivity contribution in [3.05, 3.63) is 33.8 Å². The van der Waals surface area contributed by atoms with Gasteiger partial charge >= 0.3 is 0 Å². The van der Waals surface area contributed by atoms with Gasteiger partial charge in [0.1, 0.15) is 17.5 Å². The average Bonchev–Trinajstić information content (AvgIpc) is 3.20. The van der Waals surface area contributed by atoms with Crippen molar-refractivity contribution in [2.75, 3.05) is 24.3 Å². The van der Waals surface area contributed by atoms with Crippen LogP contribution in [-0.2, 0) is 0 Å². The van der Waals surface area contributed by atoms with Crippen LogP contribution in [0.25, 0.3) is 0 Å². The molecular weight excluding hydrogens is 280 g/mol. The monoisotopic (exact) mass is 302 g/mol. The van der Waals surface area contributed by atoms with Crippen molar-refractivity contribution in [1.82, 2.24) is 9.97 Å². The molecule has 112 valence electrons. The maximum Gasteiger partial charge on any atom is 0.137 e. The summed E-state index contributed by atoms with van der Waals surface area (Å²) in [4.78, 5) is 13.1. The van der Waals surface area contributed by atoms with Crippen LogP contribution in [0.5, 0.6) is 0 Å². The van der Waals surface area contributed by atoms with Gasteiger partial charge in [0, 0.05) is 30.5 Å². The summed E-state index contributed by atoms with van der Waals surface area (Å²) in [6.45, 7) is 4.32. The van der Waals surface area contributed by atoms with Crippen LogP contribution in [0.3, 0.4) is 0 Å². The smallest absolute Gasteiger partial charge is 0.137 e. The minimum Gasteiger partial charge on any atom is -0.373 e. The molecule has 0 aliphatic heterocycles. The maximum atomic E-state index is 4.85. The first kappa shape index (κ1) is 14.3. The van der Waals surface area contributed by atoms with Crippen LogP contribution in [0.1, 0.15) is 48.0 Å². The number of anilines is 2. The summed E-state index contributed by atoms with van der Waals surface area (Å²) in [7, 11) is 4.05. The Hall–Kier alpha value is -1.62. The van der Waals surface area contributed by atoms with E-state index in [-0.39, 0.29) is 0 Å². The number of rotatable bonds is 5. The Kier molecular flexibility index (Phi) is 3.85. The molecule has 1 aliphatic rings. The fourth-order valence-corrected chi connectivity index (χ4v) is 3.36. The molecule has 0 spiro atoms. The zero-order chi connectivity index (χ0) is 15.0. The molecule has 2 heterocycles. The molecule has 1 fully saturated rings. The zero-order valence-corrected chi connectivity index (χ0v) is 13.9. The van der Waals surface area contributed by atoms with Crippen LogP contribution in [0.2, 0.25) is 0 Å². The van der Waals surface area contributed by atoms with E-state index >= 15 is 0 Å². The molecule has 0 radical (unpaired) electrons. The molecule has 4 nitrogen and oxygen atoms in total. The molecule has 0 saturated heterocycles. The Morgan fingerprint density at radius 3 is 2.71 bits per heavy atom. The van der Waals surface area contributed by atoms with Crippen LogP contribution < -0.4 is 10.2 Å². The molecule has 1 unspecified atom stereocenters. The Morgan fingerprint density at radius 1 is 1.38 bits per heavy atom. The highest BCUT2D eigenvalue weighted by Crippen LogP contribution is 2.40. The molecule has 0 bridgehead atoms. The molecule has 5 heteroatoms. The first-order valence-electron chi connectivity index (χ1n) is 7.44. The van der Waals surface area contributed by atoms with Crippen LogP contribution in [0.4, 0.5) is 11.6 Å². The van der Waals surface area contributed by atoms with E-state index in [1.54, 1.807) is 11.3 Å². The normalized spacial score (nSPS) is 15.8. The van der Waals surface area contributed by atoms with E-state index in [1.807, 2.05) is 7.05 Å². The zero-order valence-electron chi connectivity index (χ0n) is 13.1. The van der Waals surface area contributed by atoms with Gasteiger partial charge in [0.25, 0.3) is 0 Å². The molecule has 1 aliphatic carbocycles. The van der Waals surface area contributed by atoms with Crippen molar-refractivity contribution in [2.24, 2.45) is 0 Å². The van der Waals surface area contributed by atoms with Crippen molar-refractivity contribution >= 4 is 23.0 Å². The Balaban J connectivity index is 1.98. The fraction of sp³-hybridized carbons (Fsp3) is 0.500. The van der Waals surface area contributed by atoms with Gasteiger partial charge in [-0.25, -0.2) is 9.97 Å². The average molecular weight is 302 g/mol. The highest BCUT2D eigenvalue weighted by Gasteiger charge is 2.29.